The molecule has 2 aromatic carbocycles. The van der Waals surface area contributed by atoms with E-state index in [1.54, 1.807) is 18.2 Å². The molecule has 0 unspecified atom stereocenters. The number of halogens is 1. The van der Waals surface area contributed by atoms with Gasteiger partial charge in [0.1, 0.15) is 11.6 Å². The van der Waals surface area contributed by atoms with Gasteiger partial charge in [0.15, 0.2) is 0 Å². The molecule has 4 rings (SSSR count). The summed E-state index contributed by atoms with van der Waals surface area (Å²) in [5.41, 5.74) is 2.97. The Morgan fingerprint density at radius 2 is 1.67 bits per heavy atom. The Balaban J connectivity index is 1.50. The molecule has 1 fully saturated rings. The standard InChI is InChI=1S/C20H20FN4O2/c1-14-12-20(22-19-13-15(21)2-7-18(14)19)24-10-8-23(9-11-24)16-3-5-17(6-4-16)25(26)27/h2-7,12-13H,8-11H2,1H3,(H,26,27)/q+1. The van der Waals surface area contributed by atoms with Crippen molar-refractivity contribution in [3.05, 3.63) is 64.8 Å². The van der Waals surface area contributed by atoms with Crippen molar-refractivity contribution in [3.8, 4) is 0 Å². The summed E-state index contributed by atoms with van der Waals surface area (Å²) in [6, 6.07) is 13.6. The molecule has 3 aromatic rings. The van der Waals surface area contributed by atoms with Crippen LogP contribution >= 0.6 is 0 Å². The highest BCUT2D eigenvalue weighted by molar-refractivity contribution is 5.84. The lowest BCUT2D eigenvalue weighted by Crippen LogP contribution is -2.46. The summed E-state index contributed by atoms with van der Waals surface area (Å²) in [6.07, 6.45) is 0. The summed E-state index contributed by atoms with van der Waals surface area (Å²) in [6.45, 7) is 5.22. The monoisotopic (exact) mass is 367 g/mol. The van der Waals surface area contributed by atoms with Crippen LogP contribution < -0.4 is 9.80 Å². The number of aryl methyl sites for hydroxylation is 1. The van der Waals surface area contributed by atoms with Crippen LogP contribution in [0.25, 0.3) is 10.9 Å². The summed E-state index contributed by atoms with van der Waals surface area (Å²) >= 11 is 0. The fraction of sp³-hybridized carbons (Fsp3) is 0.250. The first-order chi connectivity index (χ1) is 13.0. The molecule has 27 heavy (non-hydrogen) atoms. The molecule has 1 aromatic heterocycles. The molecule has 1 saturated heterocycles. The smallest absolute Gasteiger partial charge is 0.316 e. The number of fused-ring (bicyclic) bond motifs is 1. The summed E-state index contributed by atoms with van der Waals surface area (Å²) in [4.78, 5) is 19.8. The zero-order chi connectivity index (χ0) is 19.0. The van der Waals surface area contributed by atoms with Gasteiger partial charge in [-0.2, -0.15) is 0 Å². The first-order valence-corrected chi connectivity index (χ1v) is 8.84. The average molecular weight is 367 g/mol. The summed E-state index contributed by atoms with van der Waals surface area (Å²) in [5, 5.41) is 9.90. The SMILES string of the molecule is Cc1cc(N2CCN(c3ccc([N+](=O)O)cc3)CC2)nc2cc(F)ccc12. The minimum absolute atomic E-state index is 0.141. The second-order valence-electron chi connectivity index (χ2n) is 6.72. The molecule has 0 aliphatic carbocycles. The Bertz CT molecular complexity index is 999. The van der Waals surface area contributed by atoms with Gasteiger partial charge in [0.2, 0.25) is 0 Å². The predicted molar refractivity (Wildman–Crippen MR) is 102 cm³/mol. The number of hydrogen-bond acceptors (Lipinski definition) is 4. The van der Waals surface area contributed by atoms with Crippen molar-refractivity contribution in [2.75, 3.05) is 36.0 Å². The Hall–Kier alpha value is -3.22. The largest absolute Gasteiger partial charge is 0.368 e. The lowest BCUT2D eigenvalue weighted by atomic mass is 10.1. The number of aromatic nitrogens is 1. The van der Waals surface area contributed by atoms with Crippen LogP contribution in [0.2, 0.25) is 0 Å². The molecule has 7 heteroatoms. The third-order valence-electron chi connectivity index (χ3n) is 5.00. The molecular formula is C20H20FN4O2+. The molecule has 6 nitrogen and oxygen atoms in total. The number of pyridine rings is 1. The predicted octanol–water partition coefficient (Wildman–Crippen LogP) is 3.81. The second kappa shape index (κ2) is 6.83. The van der Waals surface area contributed by atoms with Crippen molar-refractivity contribution in [2.24, 2.45) is 0 Å². The molecule has 138 valence electrons. The van der Waals surface area contributed by atoms with Gasteiger partial charge in [-0.05, 0) is 42.8 Å². The molecule has 1 aliphatic heterocycles. The fourth-order valence-corrected chi connectivity index (χ4v) is 3.50. The zero-order valence-electron chi connectivity index (χ0n) is 15.0. The van der Waals surface area contributed by atoms with E-state index in [2.05, 4.69) is 20.9 Å². The molecule has 0 saturated carbocycles. The van der Waals surface area contributed by atoms with Gasteiger partial charge >= 0.3 is 5.69 Å². The average Bonchev–Trinajstić information content (AvgIpc) is 2.68. The van der Waals surface area contributed by atoms with Crippen molar-refractivity contribution >= 4 is 28.1 Å². The number of piperazine rings is 1. The quantitative estimate of drug-likeness (QED) is 0.714. The third kappa shape index (κ3) is 3.40. The molecule has 1 aliphatic rings. The lowest BCUT2D eigenvalue weighted by Gasteiger charge is -2.37. The van der Waals surface area contributed by atoms with Gasteiger partial charge in [0.25, 0.3) is 4.92 Å². The van der Waals surface area contributed by atoms with E-state index in [0.717, 1.165) is 48.6 Å². The highest BCUT2D eigenvalue weighted by Gasteiger charge is 2.20. The number of nitrogens with zero attached hydrogens (tertiary/aromatic N) is 4. The van der Waals surface area contributed by atoms with Gasteiger partial charge in [-0.3, -0.25) is 0 Å². The first kappa shape index (κ1) is 17.2. The minimum Gasteiger partial charge on any atom is -0.368 e. The summed E-state index contributed by atoms with van der Waals surface area (Å²) in [7, 11) is 0. The topological polar surface area (TPSA) is 59.7 Å². The highest BCUT2D eigenvalue weighted by Crippen LogP contribution is 2.25. The maximum absolute atomic E-state index is 13.6. The van der Waals surface area contributed by atoms with Crippen LogP contribution in [-0.2, 0) is 0 Å². The van der Waals surface area contributed by atoms with Gasteiger partial charge in [-0.15, -0.1) is 0 Å². The van der Waals surface area contributed by atoms with Crippen LogP contribution in [0.5, 0.6) is 0 Å². The Morgan fingerprint density at radius 3 is 2.33 bits per heavy atom. The molecule has 0 radical (unpaired) electrons. The number of hydrogen-bond donors (Lipinski definition) is 1. The van der Waals surface area contributed by atoms with Crippen LogP contribution in [0.15, 0.2) is 48.5 Å². The fourth-order valence-electron chi connectivity index (χ4n) is 3.50. The van der Waals surface area contributed by atoms with Crippen molar-refractivity contribution in [1.82, 2.24) is 4.98 Å². The van der Waals surface area contributed by atoms with Gasteiger partial charge < -0.3 is 9.80 Å². The Labute approximate surface area is 156 Å². The zero-order valence-corrected chi connectivity index (χ0v) is 15.0. The Kier molecular flexibility index (Phi) is 4.35. The van der Waals surface area contributed by atoms with E-state index >= 15 is 0 Å². The van der Waals surface area contributed by atoms with E-state index < -0.39 is 0 Å². The van der Waals surface area contributed by atoms with Crippen LogP contribution in [0.1, 0.15) is 5.56 Å². The molecule has 0 bridgehead atoms. The third-order valence-corrected chi connectivity index (χ3v) is 5.00. The summed E-state index contributed by atoms with van der Waals surface area (Å²) in [5.74, 6) is 0.585. The van der Waals surface area contributed by atoms with Crippen molar-refractivity contribution in [1.29, 1.82) is 0 Å². The molecule has 0 amide bonds. The van der Waals surface area contributed by atoms with E-state index in [4.69, 9.17) is 5.21 Å². The molecule has 2 heterocycles. The molecule has 1 N–H and O–H groups in total. The van der Waals surface area contributed by atoms with Crippen LogP contribution in [0, 0.1) is 17.6 Å². The Morgan fingerprint density at radius 1 is 1.00 bits per heavy atom. The van der Waals surface area contributed by atoms with Gasteiger partial charge in [0.05, 0.1) is 10.4 Å². The second-order valence-corrected chi connectivity index (χ2v) is 6.72. The van der Waals surface area contributed by atoms with E-state index in [9.17, 15) is 9.30 Å². The van der Waals surface area contributed by atoms with Gasteiger partial charge in [-0.25, -0.2) is 14.6 Å². The van der Waals surface area contributed by atoms with Crippen molar-refractivity contribution in [2.45, 2.75) is 6.92 Å². The maximum Gasteiger partial charge on any atom is 0.316 e. The molecule has 0 spiro atoms. The van der Waals surface area contributed by atoms with Gasteiger partial charge in [-0.1, -0.05) is 0 Å². The van der Waals surface area contributed by atoms with Gasteiger partial charge in [0, 0.05) is 55.5 Å². The molecular weight excluding hydrogens is 347 g/mol. The highest BCUT2D eigenvalue weighted by atomic mass is 19.1. The number of rotatable bonds is 3. The molecule has 0 atom stereocenters. The minimum atomic E-state index is -0.278. The van der Waals surface area contributed by atoms with Crippen molar-refractivity contribution < 1.29 is 14.5 Å². The maximum atomic E-state index is 13.6. The van der Waals surface area contributed by atoms with E-state index in [1.807, 2.05) is 19.1 Å². The number of benzene rings is 2. The lowest BCUT2D eigenvalue weighted by molar-refractivity contribution is -0.729. The normalized spacial score (nSPS) is 14.6. The first-order valence-electron chi connectivity index (χ1n) is 8.84. The number of anilines is 2. The van der Waals surface area contributed by atoms with Crippen LogP contribution in [0.3, 0.4) is 0 Å². The summed E-state index contributed by atoms with van der Waals surface area (Å²) < 4.78 is 13.6. The van der Waals surface area contributed by atoms with Crippen LogP contribution in [0.4, 0.5) is 21.6 Å². The van der Waals surface area contributed by atoms with E-state index in [0.29, 0.717) is 5.52 Å². The van der Waals surface area contributed by atoms with E-state index in [1.165, 1.54) is 12.1 Å². The van der Waals surface area contributed by atoms with Crippen molar-refractivity contribution in [3.63, 3.8) is 0 Å². The van der Waals surface area contributed by atoms with Crippen LogP contribution in [-0.4, -0.2) is 41.3 Å². The van der Waals surface area contributed by atoms with E-state index in [-0.39, 0.29) is 16.4 Å².